The van der Waals surface area contributed by atoms with Crippen LogP contribution in [0.1, 0.15) is 5.56 Å². The Balaban J connectivity index is 2.11. The molecule has 1 aromatic carbocycles. The molecule has 0 fully saturated rings. The summed E-state index contributed by atoms with van der Waals surface area (Å²) in [5.74, 6) is 0.572. The van der Waals surface area contributed by atoms with E-state index in [9.17, 15) is 4.79 Å². The van der Waals surface area contributed by atoms with E-state index in [0.717, 1.165) is 23.2 Å². The van der Waals surface area contributed by atoms with Crippen LogP contribution in [0, 0.1) is 0 Å². The van der Waals surface area contributed by atoms with Crippen molar-refractivity contribution in [2.45, 2.75) is 6.54 Å². The highest BCUT2D eigenvalue weighted by molar-refractivity contribution is 5.77. The SMILES string of the molecule is COCCN(C)c1ncc(-c2cccc(CN(C)C(=O)CN)c2)cn1. The van der Waals surface area contributed by atoms with Gasteiger partial charge in [0, 0.05) is 52.3 Å². The summed E-state index contributed by atoms with van der Waals surface area (Å²) in [6, 6.07) is 7.98. The third kappa shape index (κ3) is 5.23. The normalized spacial score (nSPS) is 10.6. The number of amides is 1. The fraction of sp³-hybridized carbons (Fsp3) is 0.389. The van der Waals surface area contributed by atoms with Gasteiger partial charge in [0.2, 0.25) is 11.9 Å². The van der Waals surface area contributed by atoms with E-state index in [1.807, 2.05) is 36.2 Å². The summed E-state index contributed by atoms with van der Waals surface area (Å²) in [7, 11) is 5.35. The predicted molar refractivity (Wildman–Crippen MR) is 98.1 cm³/mol. The zero-order valence-corrected chi connectivity index (χ0v) is 15.0. The molecular weight excluding hydrogens is 318 g/mol. The molecule has 0 saturated carbocycles. The van der Waals surface area contributed by atoms with E-state index < -0.39 is 0 Å². The Labute approximate surface area is 148 Å². The number of rotatable bonds is 8. The van der Waals surface area contributed by atoms with Crippen molar-refractivity contribution in [3.05, 3.63) is 42.2 Å². The highest BCUT2D eigenvalue weighted by Gasteiger charge is 2.09. The zero-order chi connectivity index (χ0) is 18.2. The van der Waals surface area contributed by atoms with Gasteiger partial charge in [-0.1, -0.05) is 18.2 Å². The Kier molecular flexibility index (Phi) is 6.85. The van der Waals surface area contributed by atoms with Gasteiger partial charge in [0.25, 0.3) is 0 Å². The maximum atomic E-state index is 11.6. The lowest BCUT2D eigenvalue weighted by molar-refractivity contribution is -0.128. The number of likely N-dealkylation sites (N-methyl/N-ethyl adjacent to an activating group) is 2. The molecule has 1 amide bonds. The molecule has 25 heavy (non-hydrogen) atoms. The number of ether oxygens (including phenoxy) is 1. The molecule has 0 bridgehead atoms. The summed E-state index contributed by atoms with van der Waals surface area (Å²) >= 11 is 0. The largest absolute Gasteiger partial charge is 0.383 e. The van der Waals surface area contributed by atoms with Crippen molar-refractivity contribution in [3.63, 3.8) is 0 Å². The van der Waals surface area contributed by atoms with Gasteiger partial charge in [0.05, 0.1) is 13.2 Å². The lowest BCUT2D eigenvalue weighted by atomic mass is 10.1. The van der Waals surface area contributed by atoms with Crippen LogP contribution in [0.25, 0.3) is 11.1 Å². The number of anilines is 1. The maximum Gasteiger partial charge on any atom is 0.236 e. The molecule has 1 heterocycles. The van der Waals surface area contributed by atoms with Crippen LogP contribution < -0.4 is 10.6 Å². The van der Waals surface area contributed by atoms with Gasteiger partial charge in [-0.15, -0.1) is 0 Å². The van der Waals surface area contributed by atoms with Crippen LogP contribution in [0.3, 0.4) is 0 Å². The van der Waals surface area contributed by atoms with Gasteiger partial charge in [-0.05, 0) is 17.2 Å². The Morgan fingerprint density at radius 3 is 2.56 bits per heavy atom. The number of nitrogens with two attached hydrogens (primary N) is 1. The summed E-state index contributed by atoms with van der Waals surface area (Å²) in [6.07, 6.45) is 3.61. The monoisotopic (exact) mass is 343 g/mol. The fourth-order valence-corrected chi connectivity index (χ4v) is 2.36. The molecule has 1 aromatic heterocycles. The second-order valence-corrected chi connectivity index (χ2v) is 5.84. The zero-order valence-electron chi connectivity index (χ0n) is 15.0. The van der Waals surface area contributed by atoms with Crippen molar-refractivity contribution in [1.29, 1.82) is 0 Å². The van der Waals surface area contributed by atoms with E-state index in [1.54, 1.807) is 31.5 Å². The number of benzene rings is 1. The highest BCUT2D eigenvalue weighted by atomic mass is 16.5. The van der Waals surface area contributed by atoms with Crippen LogP contribution in [-0.2, 0) is 16.1 Å². The van der Waals surface area contributed by atoms with Gasteiger partial charge in [0.1, 0.15) is 0 Å². The molecular formula is C18H25N5O2. The minimum absolute atomic E-state index is 0.0160. The first-order valence-electron chi connectivity index (χ1n) is 8.10. The third-order valence-electron chi connectivity index (χ3n) is 3.89. The smallest absolute Gasteiger partial charge is 0.236 e. The molecule has 2 N–H and O–H groups in total. The highest BCUT2D eigenvalue weighted by Crippen LogP contribution is 2.20. The first-order chi connectivity index (χ1) is 12.0. The topological polar surface area (TPSA) is 84.6 Å². The van der Waals surface area contributed by atoms with E-state index in [-0.39, 0.29) is 12.5 Å². The number of aromatic nitrogens is 2. The summed E-state index contributed by atoms with van der Waals surface area (Å²) in [5.41, 5.74) is 8.37. The van der Waals surface area contributed by atoms with Crippen molar-refractivity contribution in [3.8, 4) is 11.1 Å². The Bertz CT molecular complexity index is 690. The van der Waals surface area contributed by atoms with Crippen LogP contribution in [0.15, 0.2) is 36.7 Å². The first kappa shape index (κ1) is 18.8. The molecule has 0 saturated heterocycles. The van der Waals surface area contributed by atoms with Crippen molar-refractivity contribution >= 4 is 11.9 Å². The van der Waals surface area contributed by atoms with Gasteiger partial charge in [-0.2, -0.15) is 0 Å². The summed E-state index contributed by atoms with van der Waals surface area (Å²) < 4.78 is 5.06. The molecule has 7 heteroatoms. The quantitative estimate of drug-likeness (QED) is 0.774. The number of hydrogen-bond donors (Lipinski definition) is 1. The van der Waals surface area contributed by atoms with Crippen LogP contribution in [0.5, 0.6) is 0 Å². The molecule has 2 aromatic rings. The average molecular weight is 343 g/mol. The van der Waals surface area contributed by atoms with E-state index in [4.69, 9.17) is 10.5 Å². The number of carbonyl (C=O) groups excluding carboxylic acids is 1. The van der Waals surface area contributed by atoms with E-state index in [2.05, 4.69) is 9.97 Å². The van der Waals surface area contributed by atoms with Gasteiger partial charge in [0.15, 0.2) is 0 Å². The fourth-order valence-electron chi connectivity index (χ4n) is 2.36. The molecule has 0 unspecified atom stereocenters. The molecule has 0 radical (unpaired) electrons. The van der Waals surface area contributed by atoms with Gasteiger partial charge in [-0.3, -0.25) is 4.79 Å². The number of nitrogens with zero attached hydrogens (tertiary/aromatic N) is 4. The lowest BCUT2D eigenvalue weighted by Gasteiger charge is -2.17. The van der Waals surface area contributed by atoms with Crippen LogP contribution >= 0.6 is 0 Å². The number of carbonyl (C=O) groups is 1. The van der Waals surface area contributed by atoms with Crippen molar-refractivity contribution in [2.24, 2.45) is 5.73 Å². The van der Waals surface area contributed by atoms with Gasteiger partial charge >= 0.3 is 0 Å². The Morgan fingerprint density at radius 2 is 1.92 bits per heavy atom. The van der Waals surface area contributed by atoms with Crippen LogP contribution in [0.4, 0.5) is 5.95 Å². The molecule has 0 aliphatic rings. The van der Waals surface area contributed by atoms with Gasteiger partial charge < -0.3 is 20.3 Å². The standard InChI is InChI=1S/C18H25N5O2/c1-22(7-8-25-3)18-20-11-16(12-21-18)15-6-4-5-14(9-15)13-23(2)17(24)10-19/h4-6,9,11-12H,7-8,10,13,19H2,1-3H3. The molecule has 2 rings (SSSR count). The van der Waals surface area contributed by atoms with E-state index >= 15 is 0 Å². The van der Waals surface area contributed by atoms with E-state index in [0.29, 0.717) is 19.1 Å². The number of hydrogen-bond acceptors (Lipinski definition) is 6. The molecule has 7 nitrogen and oxygen atoms in total. The van der Waals surface area contributed by atoms with Crippen LogP contribution in [-0.4, -0.2) is 61.7 Å². The Hall–Kier alpha value is -2.51. The Morgan fingerprint density at radius 1 is 1.20 bits per heavy atom. The summed E-state index contributed by atoms with van der Waals surface area (Å²) in [6.45, 7) is 1.89. The maximum absolute atomic E-state index is 11.6. The predicted octanol–water partition coefficient (Wildman–Crippen LogP) is 1.14. The molecule has 0 aliphatic carbocycles. The first-order valence-corrected chi connectivity index (χ1v) is 8.10. The second kappa shape index (κ2) is 9.10. The van der Waals surface area contributed by atoms with Gasteiger partial charge in [-0.25, -0.2) is 9.97 Å². The van der Waals surface area contributed by atoms with Crippen molar-refractivity contribution in [2.75, 3.05) is 45.8 Å². The third-order valence-corrected chi connectivity index (χ3v) is 3.89. The summed E-state index contributed by atoms with van der Waals surface area (Å²) in [5, 5.41) is 0. The number of methoxy groups -OCH3 is 1. The molecule has 0 atom stereocenters. The molecule has 134 valence electrons. The lowest BCUT2D eigenvalue weighted by Crippen LogP contribution is -2.32. The average Bonchev–Trinajstić information content (AvgIpc) is 2.65. The van der Waals surface area contributed by atoms with Crippen molar-refractivity contribution in [1.82, 2.24) is 14.9 Å². The minimum Gasteiger partial charge on any atom is -0.383 e. The minimum atomic E-state index is -0.0859. The van der Waals surface area contributed by atoms with Crippen molar-refractivity contribution < 1.29 is 9.53 Å². The summed E-state index contributed by atoms with van der Waals surface area (Å²) in [4.78, 5) is 24.0. The van der Waals surface area contributed by atoms with E-state index in [1.165, 1.54) is 0 Å². The molecule has 0 aliphatic heterocycles. The second-order valence-electron chi connectivity index (χ2n) is 5.84. The van der Waals surface area contributed by atoms with Crippen LogP contribution in [0.2, 0.25) is 0 Å². The molecule has 0 spiro atoms.